The van der Waals surface area contributed by atoms with Crippen molar-refractivity contribution in [3.63, 3.8) is 0 Å². The summed E-state index contributed by atoms with van der Waals surface area (Å²) < 4.78 is 0. The van der Waals surface area contributed by atoms with E-state index in [0.717, 1.165) is 0 Å². The van der Waals surface area contributed by atoms with Crippen molar-refractivity contribution in [1.29, 1.82) is 0 Å². The Bertz CT molecular complexity index is 149. The number of allylic oxidation sites excluding steroid dienone is 1. The first kappa shape index (κ1) is 9.71. The van der Waals surface area contributed by atoms with Crippen LogP contribution in [0.4, 0.5) is 0 Å². The number of hydrogen-bond acceptors (Lipinski definition) is 3. The molecular formula is C9H16O3. The molecule has 70 valence electrons. The second kappa shape index (κ2) is 4.03. The molecule has 0 aliphatic heterocycles. The van der Waals surface area contributed by atoms with E-state index in [4.69, 9.17) is 10.2 Å². The van der Waals surface area contributed by atoms with E-state index >= 15 is 0 Å². The van der Waals surface area contributed by atoms with E-state index < -0.39 is 6.10 Å². The van der Waals surface area contributed by atoms with E-state index in [0.29, 0.717) is 0 Å². The molecular weight excluding hydrogens is 156 g/mol. The predicted molar refractivity (Wildman–Crippen MR) is 45.5 cm³/mol. The first-order valence-electron chi connectivity index (χ1n) is 4.28. The minimum absolute atomic E-state index is 0.0185. The molecule has 12 heavy (non-hydrogen) atoms. The topological polar surface area (TPSA) is 60.7 Å². The maximum Gasteiger partial charge on any atom is 0.0774 e. The molecule has 4 unspecified atom stereocenters. The third-order valence-corrected chi connectivity index (χ3v) is 2.70. The summed E-state index contributed by atoms with van der Waals surface area (Å²) in [6.45, 7) is 1.93. The summed E-state index contributed by atoms with van der Waals surface area (Å²) in [5.41, 5.74) is 0. The Morgan fingerprint density at radius 1 is 1.08 bits per heavy atom. The van der Waals surface area contributed by atoms with Crippen LogP contribution in [0.3, 0.4) is 0 Å². The van der Waals surface area contributed by atoms with Gasteiger partial charge in [0.05, 0.1) is 6.10 Å². The average molecular weight is 172 g/mol. The molecule has 0 amide bonds. The molecule has 1 aliphatic carbocycles. The second-order valence-corrected chi connectivity index (χ2v) is 3.43. The lowest BCUT2D eigenvalue weighted by Crippen LogP contribution is -2.38. The highest BCUT2D eigenvalue weighted by Gasteiger charge is 2.32. The van der Waals surface area contributed by atoms with Crippen LogP contribution in [-0.4, -0.2) is 34.6 Å². The minimum atomic E-state index is -0.608. The molecule has 1 rings (SSSR count). The van der Waals surface area contributed by atoms with E-state index in [2.05, 4.69) is 0 Å². The van der Waals surface area contributed by atoms with Crippen molar-refractivity contribution in [2.45, 2.75) is 13.0 Å². The maximum atomic E-state index is 9.43. The number of hydrogen-bond donors (Lipinski definition) is 3. The average Bonchev–Trinajstić information content (AvgIpc) is 2.08. The van der Waals surface area contributed by atoms with Crippen LogP contribution in [0.5, 0.6) is 0 Å². The first-order valence-corrected chi connectivity index (χ1v) is 4.28. The van der Waals surface area contributed by atoms with Gasteiger partial charge in [-0.25, -0.2) is 0 Å². The van der Waals surface area contributed by atoms with Gasteiger partial charge < -0.3 is 15.3 Å². The fraction of sp³-hybridized carbons (Fsp3) is 0.778. The fourth-order valence-corrected chi connectivity index (χ4v) is 1.76. The molecule has 0 bridgehead atoms. The smallest absolute Gasteiger partial charge is 0.0774 e. The van der Waals surface area contributed by atoms with Gasteiger partial charge in [0.25, 0.3) is 0 Å². The molecule has 0 aromatic carbocycles. The highest BCUT2D eigenvalue weighted by molar-refractivity contribution is 5.04. The molecule has 4 atom stereocenters. The van der Waals surface area contributed by atoms with Crippen LogP contribution < -0.4 is 0 Å². The van der Waals surface area contributed by atoms with Crippen molar-refractivity contribution < 1.29 is 15.3 Å². The van der Waals surface area contributed by atoms with Crippen molar-refractivity contribution >= 4 is 0 Å². The maximum absolute atomic E-state index is 9.43. The zero-order valence-corrected chi connectivity index (χ0v) is 7.22. The van der Waals surface area contributed by atoms with Gasteiger partial charge in [0.1, 0.15) is 0 Å². The quantitative estimate of drug-likeness (QED) is 0.504. The van der Waals surface area contributed by atoms with Crippen LogP contribution in [0.25, 0.3) is 0 Å². The normalized spacial score (nSPS) is 41.7. The first-order chi connectivity index (χ1) is 5.70. The van der Waals surface area contributed by atoms with Crippen molar-refractivity contribution in [2.75, 3.05) is 13.2 Å². The number of rotatable bonds is 2. The van der Waals surface area contributed by atoms with Crippen LogP contribution >= 0.6 is 0 Å². The molecule has 0 heterocycles. The largest absolute Gasteiger partial charge is 0.396 e. The van der Waals surface area contributed by atoms with E-state index in [-0.39, 0.29) is 31.0 Å². The van der Waals surface area contributed by atoms with Gasteiger partial charge >= 0.3 is 0 Å². The Balaban J connectivity index is 2.73. The lowest BCUT2D eigenvalue weighted by Gasteiger charge is -2.33. The molecule has 0 aromatic rings. The Labute approximate surface area is 72.3 Å². The van der Waals surface area contributed by atoms with Gasteiger partial charge in [-0.05, 0) is 11.8 Å². The Morgan fingerprint density at radius 2 is 1.67 bits per heavy atom. The summed E-state index contributed by atoms with van der Waals surface area (Å²) in [4.78, 5) is 0. The molecule has 3 N–H and O–H groups in total. The predicted octanol–water partition coefficient (Wildman–Crippen LogP) is -0.230. The Hall–Kier alpha value is -0.380. The summed E-state index contributed by atoms with van der Waals surface area (Å²) in [6.07, 6.45) is 2.97. The van der Waals surface area contributed by atoms with Crippen LogP contribution in [0.1, 0.15) is 6.92 Å². The summed E-state index contributed by atoms with van der Waals surface area (Å²) in [6, 6.07) is 0. The van der Waals surface area contributed by atoms with Gasteiger partial charge in [0, 0.05) is 19.1 Å². The van der Waals surface area contributed by atoms with Gasteiger partial charge in [-0.2, -0.15) is 0 Å². The van der Waals surface area contributed by atoms with Crippen LogP contribution in [0, 0.1) is 17.8 Å². The third kappa shape index (κ3) is 1.68. The lowest BCUT2D eigenvalue weighted by molar-refractivity contribution is 0.0155. The minimum Gasteiger partial charge on any atom is -0.396 e. The summed E-state index contributed by atoms with van der Waals surface area (Å²) >= 11 is 0. The second-order valence-electron chi connectivity index (χ2n) is 3.43. The molecule has 0 radical (unpaired) electrons. The van der Waals surface area contributed by atoms with Gasteiger partial charge in [-0.15, -0.1) is 0 Å². The van der Waals surface area contributed by atoms with Gasteiger partial charge in [0.15, 0.2) is 0 Å². The molecule has 0 spiro atoms. The highest BCUT2D eigenvalue weighted by atomic mass is 16.3. The van der Waals surface area contributed by atoms with Crippen LogP contribution in [-0.2, 0) is 0 Å². The van der Waals surface area contributed by atoms with E-state index in [1.54, 1.807) is 6.08 Å². The monoisotopic (exact) mass is 172 g/mol. The van der Waals surface area contributed by atoms with Crippen LogP contribution in [0.15, 0.2) is 12.2 Å². The SMILES string of the molecule is CC1C=CC(O)C(CO)C1CO. The molecule has 0 saturated carbocycles. The fourth-order valence-electron chi connectivity index (χ4n) is 1.76. The van der Waals surface area contributed by atoms with E-state index in [1.807, 2.05) is 13.0 Å². The zero-order chi connectivity index (χ0) is 9.14. The third-order valence-electron chi connectivity index (χ3n) is 2.70. The summed E-state index contributed by atoms with van der Waals surface area (Å²) in [5, 5.41) is 27.4. The van der Waals surface area contributed by atoms with Gasteiger partial charge in [0.2, 0.25) is 0 Å². The van der Waals surface area contributed by atoms with Gasteiger partial charge in [-0.1, -0.05) is 19.1 Å². The van der Waals surface area contributed by atoms with Crippen molar-refractivity contribution in [3.8, 4) is 0 Å². The molecule has 3 nitrogen and oxygen atoms in total. The van der Waals surface area contributed by atoms with Crippen LogP contribution in [0.2, 0.25) is 0 Å². The van der Waals surface area contributed by atoms with E-state index in [9.17, 15) is 5.11 Å². The van der Waals surface area contributed by atoms with Crippen molar-refractivity contribution in [2.24, 2.45) is 17.8 Å². The summed E-state index contributed by atoms with van der Waals surface area (Å²) in [7, 11) is 0. The zero-order valence-electron chi connectivity index (χ0n) is 7.22. The standard InChI is InChI=1S/C9H16O3/c1-6-2-3-9(12)8(5-11)7(6)4-10/h2-3,6-12H,4-5H2,1H3. The molecule has 0 aromatic heterocycles. The Morgan fingerprint density at radius 3 is 2.08 bits per heavy atom. The van der Waals surface area contributed by atoms with Crippen molar-refractivity contribution in [1.82, 2.24) is 0 Å². The Kier molecular flexibility index (Phi) is 3.26. The molecule has 0 saturated heterocycles. The molecule has 0 fully saturated rings. The number of aliphatic hydroxyl groups excluding tert-OH is 3. The van der Waals surface area contributed by atoms with Gasteiger partial charge in [-0.3, -0.25) is 0 Å². The lowest BCUT2D eigenvalue weighted by atomic mass is 9.76. The summed E-state index contributed by atoms with van der Waals surface area (Å²) in [5.74, 6) is 0.000509. The van der Waals surface area contributed by atoms with E-state index in [1.165, 1.54) is 0 Å². The number of aliphatic hydroxyl groups is 3. The molecule has 1 aliphatic rings. The van der Waals surface area contributed by atoms with Crippen molar-refractivity contribution in [3.05, 3.63) is 12.2 Å². The molecule has 3 heteroatoms. The highest BCUT2D eigenvalue weighted by Crippen LogP contribution is 2.29.